The molecule has 1 aromatic rings. The Hall–Kier alpha value is -1.45. The Morgan fingerprint density at radius 1 is 1.45 bits per heavy atom. The SMILES string of the molecule is CC(CNC(=O)CCNS(=O)(=O)c1cccs1)C(=O)O. The van der Waals surface area contributed by atoms with E-state index in [2.05, 4.69) is 10.0 Å². The fourth-order valence-electron chi connectivity index (χ4n) is 1.23. The highest BCUT2D eigenvalue weighted by atomic mass is 32.2. The second-order valence-corrected chi connectivity index (χ2v) is 7.06. The van der Waals surface area contributed by atoms with E-state index < -0.39 is 27.8 Å². The van der Waals surface area contributed by atoms with Crippen molar-refractivity contribution >= 4 is 33.2 Å². The maximum absolute atomic E-state index is 11.7. The van der Waals surface area contributed by atoms with Crippen molar-refractivity contribution in [2.24, 2.45) is 5.92 Å². The van der Waals surface area contributed by atoms with Crippen molar-refractivity contribution in [1.29, 1.82) is 0 Å². The molecule has 1 rings (SSSR count). The first-order valence-corrected chi connectivity index (χ1v) is 8.22. The lowest BCUT2D eigenvalue weighted by atomic mass is 10.2. The molecule has 1 atom stereocenters. The second kappa shape index (κ2) is 7.36. The number of carboxylic acids is 1. The normalized spacial score (nSPS) is 12.8. The highest BCUT2D eigenvalue weighted by molar-refractivity contribution is 7.91. The molecule has 0 spiro atoms. The zero-order valence-electron chi connectivity index (χ0n) is 10.8. The van der Waals surface area contributed by atoms with Gasteiger partial charge < -0.3 is 10.4 Å². The van der Waals surface area contributed by atoms with E-state index in [1.165, 1.54) is 13.0 Å². The van der Waals surface area contributed by atoms with Crippen molar-refractivity contribution in [3.05, 3.63) is 17.5 Å². The molecule has 1 aromatic heterocycles. The summed E-state index contributed by atoms with van der Waals surface area (Å²) in [5.74, 6) is -2.07. The smallest absolute Gasteiger partial charge is 0.308 e. The van der Waals surface area contributed by atoms with Gasteiger partial charge in [-0.25, -0.2) is 13.1 Å². The number of nitrogens with one attached hydrogen (secondary N) is 2. The van der Waals surface area contributed by atoms with Crippen LogP contribution in [0, 0.1) is 5.92 Å². The minimum atomic E-state index is -3.56. The molecule has 0 aliphatic rings. The number of hydrogen-bond donors (Lipinski definition) is 3. The van der Waals surface area contributed by atoms with Crippen LogP contribution in [0.1, 0.15) is 13.3 Å². The van der Waals surface area contributed by atoms with Gasteiger partial charge in [0.15, 0.2) is 0 Å². The fraction of sp³-hybridized carbons (Fsp3) is 0.455. The molecular weight excluding hydrogens is 304 g/mol. The highest BCUT2D eigenvalue weighted by Crippen LogP contribution is 2.14. The highest BCUT2D eigenvalue weighted by Gasteiger charge is 2.15. The average Bonchev–Trinajstić information content (AvgIpc) is 2.90. The van der Waals surface area contributed by atoms with Gasteiger partial charge >= 0.3 is 5.97 Å². The second-order valence-electron chi connectivity index (χ2n) is 4.12. The summed E-state index contributed by atoms with van der Waals surface area (Å²) in [5, 5.41) is 12.7. The topological polar surface area (TPSA) is 113 Å². The molecule has 0 saturated carbocycles. The molecule has 1 heterocycles. The summed E-state index contributed by atoms with van der Waals surface area (Å²) in [6.07, 6.45) is -0.0447. The predicted molar refractivity (Wildman–Crippen MR) is 73.9 cm³/mol. The lowest BCUT2D eigenvalue weighted by Gasteiger charge is -2.08. The van der Waals surface area contributed by atoms with Crippen molar-refractivity contribution in [1.82, 2.24) is 10.0 Å². The molecule has 3 N–H and O–H groups in total. The van der Waals surface area contributed by atoms with Crippen molar-refractivity contribution in [2.45, 2.75) is 17.6 Å². The number of thiophene rings is 1. The molecule has 0 aromatic carbocycles. The van der Waals surface area contributed by atoms with Crippen LogP contribution in [0.15, 0.2) is 21.7 Å². The molecule has 0 aliphatic heterocycles. The summed E-state index contributed by atoms with van der Waals surface area (Å²) in [6, 6.07) is 3.10. The Kier molecular flexibility index (Phi) is 6.11. The Morgan fingerprint density at radius 2 is 2.15 bits per heavy atom. The van der Waals surface area contributed by atoms with E-state index in [9.17, 15) is 18.0 Å². The number of hydrogen-bond acceptors (Lipinski definition) is 5. The summed E-state index contributed by atoms with van der Waals surface area (Å²) in [7, 11) is -3.56. The van der Waals surface area contributed by atoms with Gasteiger partial charge in [0, 0.05) is 19.5 Å². The van der Waals surface area contributed by atoms with Crippen LogP contribution in [0.4, 0.5) is 0 Å². The van der Waals surface area contributed by atoms with Gasteiger partial charge in [0.1, 0.15) is 4.21 Å². The van der Waals surface area contributed by atoms with Crippen LogP contribution in [0.25, 0.3) is 0 Å². The zero-order valence-corrected chi connectivity index (χ0v) is 12.5. The number of carboxylic acid groups (broad SMARTS) is 1. The van der Waals surface area contributed by atoms with Gasteiger partial charge in [-0.15, -0.1) is 11.3 Å². The van der Waals surface area contributed by atoms with Crippen LogP contribution < -0.4 is 10.0 Å². The number of rotatable bonds is 8. The molecule has 0 fully saturated rings. The van der Waals surface area contributed by atoms with E-state index in [-0.39, 0.29) is 23.7 Å². The van der Waals surface area contributed by atoms with Crippen LogP contribution in [-0.2, 0) is 19.6 Å². The number of amides is 1. The van der Waals surface area contributed by atoms with Gasteiger partial charge in [0.2, 0.25) is 15.9 Å². The van der Waals surface area contributed by atoms with E-state index in [1.54, 1.807) is 11.4 Å². The Morgan fingerprint density at radius 3 is 2.70 bits per heavy atom. The van der Waals surface area contributed by atoms with Gasteiger partial charge in [-0.2, -0.15) is 0 Å². The Bertz CT molecular complexity index is 553. The third kappa shape index (κ3) is 5.27. The predicted octanol–water partition coefficient (Wildman–Crippen LogP) is 0.253. The van der Waals surface area contributed by atoms with Gasteiger partial charge in [0.05, 0.1) is 5.92 Å². The van der Waals surface area contributed by atoms with E-state index >= 15 is 0 Å². The molecule has 0 saturated heterocycles. The Balaban J connectivity index is 2.31. The number of carbonyl (C=O) groups excluding carboxylic acids is 1. The van der Waals surface area contributed by atoms with E-state index in [0.29, 0.717) is 0 Å². The molecule has 112 valence electrons. The third-order valence-electron chi connectivity index (χ3n) is 2.43. The molecule has 1 unspecified atom stereocenters. The largest absolute Gasteiger partial charge is 0.481 e. The quantitative estimate of drug-likeness (QED) is 0.636. The first-order valence-electron chi connectivity index (χ1n) is 5.85. The zero-order chi connectivity index (χ0) is 15.2. The van der Waals surface area contributed by atoms with Crippen LogP contribution in [0.5, 0.6) is 0 Å². The van der Waals surface area contributed by atoms with Crippen LogP contribution >= 0.6 is 11.3 Å². The molecule has 0 radical (unpaired) electrons. The maximum Gasteiger partial charge on any atom is 0.308 e. The molecule has 7 nitrogen and oxygen atoms in total. The summed E-state index contributed by atoms with van der Waals surface area (Å²) >= 11 is 1.09. The van der Waals surface area contributed by atoms with Crippen LogP contribution in [0.3, 0.4) is 0 Å². The molecule has 9 heteroatoms. The van der Waals surface area contributed by atoms with Crippen LogP contribution in [0.2, 0.25) is 0 Å². The minimum Gasteiger partial charge on any atom is -0.481 e. The first-order chi connectivity index (χ1) is 9.33. The van der Waals surface area contributed by atoms with E-state index in [0.717, 1.165) is 11.3 Å². The third-order valence-corrected chi connectivity index (χ3v) is 5.29. The maximum atomic E-state index is 11.7. The molecular formula is C11H16N2O5S2. The van der Waals surface area contributed by atoms with Crippen molar-refractivity contribution in [2.75, 3.05) is 13.1 Å². The van der Waals surface area contributed by atoms with Crippen LogP contribution in [-0.4, -0.2) is 38.5 Å². The molecule has 0 bridgehead atoms. The average molecular weight is 320 g/mol. The number of sulfonamides is 1. The molecule has 20 heavy (non-hydrogen) atoms. The molecule has 0 aliphatic carbocycles. The number of carbonyl (C=O) groups is 2. The van der Waals surface area contributed by atoms with E-state index in [1.807, 2.05) is 0 Å². The van der Waals surface area contributed by atoms with E-state index in [4.69, 9.17) is 5.11 Å². The number of aliphatic carboxylic acids is 1. The van der Waals surface area contributed by atoms with Crippen molar-refractivity contribution in [3.8, 4) is 0 Å². The van der Waals surface area contributed by atoms with Gasteiger partial charge in [-0.1, -0.05) is 13.0 Å². The van der Waals surface area contributed by atoms with Gasteiger partial charge in [-0.3, -0.25) is 9.59 Å². The van der Waals surface area contributed by atoms with Gasteiger partial charge in [-0.05, 0) is 11.4 Å². The summed E-state index contributed by atoms with van der Waals surface area (Å²) in [4.78, 5) is 22.0. The summed E-state index contributed by atoms with van der Waals surface area (Å²) in [6.45, 7) is 1.46. The lowest BCUT2D eigenvalue weighted by Crippen LogP contribution is -2.34. The lowest BCUT2D eigenvalue weighted by molar-refractivity contribution is -0.141. The summed E-state index contributed by atoms with van der Waals surface area (Å²) in [5.41, 5.74) is 0. The van der Waals surface area contributed by atoms with Crippen molar-refractivity contribution in [3.63, 3.8) is 0 Å². The molecule has 1 amide bonds. The van der Waals surface area contributed by atoms with Crippen molar-refractivity contribution < 1.29 is 23.1 Å². The summed E-state index contributed by atoms with van der Waals surface area (Å²) < 4.78 is 25.9. The standard InChI is InChI=1S/C11H16N2O5S2/c1-8(11(15)16)7-12-9(14)4-5-13-20(17,18)10-3-2-6-19-10/h2-3,6,8,13H,4-5,7H2,1H3,(H,12,14)(H,15,16). The minimum absolute atomic E-state index is 0.0197. The monoisotopic (exact) mass is 320 g/mol. The fourth-order valence-corrected chi connectivity index (χ4v) is 3.30. The first kappa shape index (κ1) is 16.6. The Labute approximate surface area is 121 Å². The van der Waals surface area contributed by atoms with Gasteiger partial charge in [0.25, 0.3) is 0 Å².